The average molecular weight is 864 g/mol. The number of fused-ring (bicyclic) bond motifs is 6. The van der Waals surface area contributed by atoms with Crippen LogP contribution in [0, 0.1) is 0 Å². The van der Waals surface area contributed by atoms with Crippen LogP contribution in [0.5, 0.6) is 0 Å². The normalized spacial score (nSPS) is 12.4. The molecular weight excluding hydrogens is 815 g/mol. The third-order valence-corrected chi connectivity index (χ3v) is 12.9. The minimum absolute atomic E-state index is 0.0865. The molecule has 0 saturated heterocycles. The smallest absolute Gasteiger partial charge is 0.161 e. The number of rotatable bonds is 8. The van der Waals surface area contributed by atoms with Crippen LogP contribution in [0.3, 0.4) is 0 Å². The van der Waals surface area contributed by atoms with E-state index >= 15 is 0 Å². The van der Waals surface area contributed by atoms with Crippen LogP contribution in [0.1, 0.15) is 43.0 Å². The number of para-hydroxylation sites is 2. The molecule has 0 bridgehead atoms. The molecule has 0 radical (unpaired) electrons. The third-order valence-electron chi connectivity index (χ3n) is 12.9. The average Bonchev–Trinajstić information content (AvgIpc) is 3.90. The Morgan fingerprint density at radius 2 is 1.01 bits per heavy atom. The van der Waals surface area contributed by atoms with E-state index in [-0.39, 0.29) is 5.41 Å². The predicted molar refractivity (Wildman–Crippen MR) is 284 cm³/mol. The van der Waals surface area contributed by atoms with Crippen molar-refractivity contribution in [1.82, 2.24) is 9.13 Å². The molecule has 0 N–H and O–H groups in total. The van der Waals surface area contributed by atoms with Crippen molar-refractivity contribution in [3.8, 4) is 33.6 Å². The van der Waals surface area contributed by atoms with Crippen molar-refractivity contribution >= 4 is 62.0 Å². The molecule has 0 aliphatic heterocycles. The number of aromatic nitrogens is 2. The molecule has 0 aliphatic rings. The summed E-state index contributed by atoms with van der Waals surface area (Å²) in [5.74, 6) is 1.13. The number of nitrogens with zero attached hydrogens (tertiary/aromatic N) is 5. The first-order chi connectivity index (χ1) is 32.8. The highest BCUT2D eigenvalue weighted by Gasteiger charge is 2.19. The highest BCUT2D eigenvalue weighted by Crippen LogP contribution is 2.40. The van der Waals surface area contributed by atoms with E-state index in [1.165, 1.54) is 43.7 Å². The minimum atomic E-state index is 0.0865. The molecule has 0 amide bonds. The van der Waals surface area contributed by atoms with E-state index < -0.39 is 0 Å². The first-order valence-corrected chi connectivity index (χ1v) is 22.9. The van der Waals surface area contributed by atoms with Gasteiger partial charge in [-0.1, -0.05) is 185 Å². The van der Waals surface area contributed by atoms with Crippen molar-refractivity contribution in [2.24, 2.45) is 15.0 Å². The minimum Gasteiger partial charge on any atom is -0.309 e. The standard InChI is InChI=1S/C62H49N5/c1-62(2,3)48-32-36-50(37-33-48)67-55-26-13-11-23-52(55)53-38-31-45(40-58(53)67)43-29-34-49(35-30-43)66-56-27-14-12-24-54(56)59-51(25-16-28-57(59)66)46-21-15-22-47(39-46)60(63-4)65-61(44-19-9-6-10-20-44)64-41-42-17-7-5-8-18-42/h5-40H,4,41H2,1-3H3. The summed E-state index contributed by atoms with van der Waals surface area (Å²) in [6.07, 6.45) is 0. The number of aliphatic imine (C=N–C) groups is 3. The Bertz CT molecular complexity index is 3680. The van der Waals surface area contributed by atoms with Gasteiger partial charge in [0.05, 0.1) is 28.6 Å². The Morgan fingerprint density at radius 1 is 0.448 bits per heavy atom. The molecule has 2 heterocycles. The summed E-state index contributed by atoms with van der Waals surface area (Å²) in [6, 6.07) is 77.7. The van der Waals surface area contributed by atoms with Crippen LogP contribution >= 0.6 is 0 Å². The van der Waals surface area contributed by atoms with E-state index in [1.807, 2.05) is 54.6 Å². The molecule has 5 nitrogen and oxygen atoms in total. The second-order valence-corrected chi connectivity index (χ2v) is 18.1. The zero-order chi connectivity index (χ0) is 45.5. The fraction of sp³-hybridized carbons (Fsp3) is 0.0806. The van der Waals surface area contributed by atoms with Gasteiger partial charge in [0, 0.05) is 44.0 Å². The lowest BCUT2D eigenvalue weighted by Gasteiger charge is -2.19. The van der Waals surface area contributed by atoms with Gasteiger partial charge in [0.25, 0.3) is 0 Å². The maximum absolute atomic E-state index is 5.05. The molecular formula is C62H49N5. The van der Waals surface area contributed by atoms with Gasteiger partial charge in [-0.25, -0.2) is 9.98 Å². The summed E-state index contributed by atoms with van der Waals surface area (Å²) in [6.45, 7) is 11.3. The molecule has 0 atom stereocenters. The lowest BCUT2D eigenvalue weighted by Crippen LogP contribution is -2.10. The second kappa shape index (κ2) is 17.2. The molecule has 0 spiro atoms. The van der Waals surface area contributed by atoms with Crippen molar-refractivity contribution in [3.63, 3.8) is 0 Å². The Labute approximate surface area is 391 Å². The van der Waals surface area contributed by atoms with Crippen LogP contribution in [0.2, 0.25) is 0 Å². The lowest BCUT2D eigenvalue weighted by atomic mass is 9.87. The maximum atomic E-state index is 5.05. The van der Waals surface area contributed by atoms with Crippen LogP contribution in [0.15, 0.2) is 233 Å². The van der Waals surface area contributed by atoms with E-state index in [0.29, 0.717) is 18.2 Å². The molecule has 5 heteroatoms. The highest BCUT2D eigenvalue weighted by molar-refractivity contribution is 6.17. The Kier molecular flexibility index (Phi) is 10.6. The van der Waals surface area contributed by atoms with Gasteiger partial charge < -0.3 is 9.13 Å². The largest absolute Gasteiger partial charge is 0.309 e. The van der Waals surface area contributed by atoms with Crippen molar-refractivity contribution < 1.29 is 0 Å². The Hall–Kier alpha value is -8.41. The molecule has 0 fully saturated rings. The van der Waals surface area contributed by atoms with Gasteiger partial charge in [0.2, 0.25) is 0 Å². The summed E-state index contributed by atoms with van der Waals surface area (Å²) in [4.78, 5) is 14.5. The molecule has 9 aromatic carbocycles. The molecule has 0 saturated carbocycles. The fourth-order valence-corrected chi connectivity index (χ4v) is 9.53. The topological polar surface area (TPSA) is 46.9 Å². The van der Waals surface area contributed by atoms with Crippen LogP contribution < -0.4 is 0 Å². The van der Waals surface area contributed by atoms with E-state index in [9.17, 15) is 0 Å². The first kappa shape index (κ1) is 41.3. The predicted octanol–water partition coefficient (Wildman–Crippen LogP) is 15.6. The number of amidine groups is 2. The van der Waals surface area contributed by atoms with Crippen LogP contribution in [-0.2, 0) is 12.0 Å². The summed E-state index contributed by atoms with van der Waals surface area (Å²) < 4.78 is 4.79. The van der Waals surface area contributed by atoms with E-state index in [1.54, 1.807) is 0 Å². The van der Waals surface area contributed by atoms with E-state index in [4.69, 9.17) is 9.98 Å². The highest BCUT2D eigenvalue weighted by atomic mass is 15.0. The maximum Gasteiger partial charge on any atom is 0.161 e. The second-order valence-electron chi connectivity index (χ2n) is 18.1. The quantitative estimate of drug-likeness (QED) is 0.108. The van der Waals surface area contributed by atoms with Gasteiger partial charge in [-0.05, 0) is 100 Å². The summed E-state index contributed by atoms with van der Waals surface area (Å²) >= 11 is 0. The van der Waals surface area contributed by atoms with Crippen molar-refractivity contribution in [1.29, 1.82) is 0 Å². The summed E-state index contributed by atoms with van der Waals surface area (Å²) in [7, 11) is 0. The fourth-order valence-electron chi connectivity index (χ4n) is 9.53. The van der Waals surface area contributed by atoms with Crippen LogP contribution in [0.25, 0.3) is 77.2 Å². The lowest BCUT2D eigenvalue weighted by molar-refractivity contribution is 0.590. The van der Waals surface area contributed by atoms with E-state index in [2.05, 4.69) is 205 Å². The van der Waals surface area contributed by atoms with Gasteiger partial charge in [-0.3, -0.25) is 4.99 Å². The molecule has 11 aromatic rings. The Balaban J connectivity index is 0.968. The van der Waals surface area contributed by atoms with Crippen LogP contribution in [0.4, 0.5) is 0 Å². The van der Waals surface area contributed by atoms with Gasteiger partial charge in [-0.15, -0.1) is 0 Å². The number of hydrogen-bond donors (Lipinski definition) is 0. The molecule has 11 rings (SSSR count). The SMILES string of the molecule is C=NC(=NC(=NCc1ccccc1)c1ccccc1)c1cccc(-c2cccc3c2c2ccccc2n3-c2ccc(-c3ccc4c5ccccc5n(-c5ccc(C(C)(C)C)cc5)c4c3)cc2)c1. The van der Waals surface area contributed by atoms with Crippen molar-refractivity contribution in [2.45, 2.75) is 32.7 Å². The van der Waals surface area contributed by atoms with Gasteiger partial charge in [0.1, 0.15) is 0 Å². The molecule has 322 valence electrons. The summed E-state index contributed by atoms with van der Waals surface area (Å²) in [5, 5.41) is 4.87. The van der Waals surface area contributed by atoms with Gasteiger partial charge >= 0.3 is 0 Å². The molecule has 67 heavy (non-hydrogen) atoms. The molecule has 0 aliphatic carbocycles. The number of benzene rings is 9. The zero-order valence-electron chi connectivity index (χ0n) is 37.9. The third kappa shape index (κ3) is 7.74. The molecule has 0 unspecified atom stereocenters. The van der Waals surface area contributed by atoms with E-state index in [0.717, 1.165) is 55.8 Å². The van der Waals surface area contributed by atoms with Crippen molar-refractivity contribution in [3.05, 3.63) is 241 Å². The van der Waals surface area contributed by atoms with Gasteiger partial charge in [-0.2, -0.15) is 0 Å². The summed E-state index contributed by atoms with van der Waals surface area (Å²) in [5.41, 5.74) is 15.8. The first-order valence-electron chi connectivity index (χ1n) is 22.9. The van der Waals surface area contributed by atoms with Crippen LogP contribution in [-0.4, -0.2) is 27.5 Å². The monoisotopic (exact) mass is 863 g/mol. The number of hydrogen-bond acceptors (Lipinski definition) is 1. The zero-order valence-corrected chi connectivity index (χ0v) is 37.9. The van der Waals surface area contributed by atoms with Gasteiger partial charge in [0.15, 0.2) is 11.7 Å². The molecule has 2 aromatic heterocycles. The Morgan fingerprint density at radius 3 is 1.73 bits per heavy atom. The van der Waals surface area contributed by atoms with Crippen molar-refractivity contribution in [2.75, 3.05) is 0 Å².